The minimum Gasteiger partial charge on any atom is -0.490 e. The number of carbonyl (C=O) groups excluding carboxylic acids is 3. The zero-order chi connectivity index (χ0) is 49.3. The molecule has 3 aromatic carbocycles. The molecule has 3 aliphatic heterocycles. The summed E-state index contributed by atoms with van der Waals surface area (Å²) in [6.45, 7) is 14.4. The van der Waals surface area contributed by atoms with Gasteiger partial charge in [0, 0.05) is 102 Å². The van der Waals surface area contributed by atoms with Crippen molar-refractivity contribution in [2.45, 2.75) is 135 Å². The standard InChI is InChI=1S/C58H71N7O6/c1-5-41-12-10-16-52(41)44-13-9-14-48(37-44)69-45-27-33-63(34-28-45)56(67)23-19-42-17-21-49(38-53(42)51-15-8-11-40(51)4)70-47-29-35-64(36-30-47)57(68)24-20-43-18-22-50(39-54(43)58-59-60-61-65(58)7-3)71-46-25-31-62(32-26-46)55(66)6-2/h6,9,13-14,17-24,37-39,41,45-47,52H,2,5,7-8,10-12,15-16,25-36H2,1,3-4H3/b23-19+,24-20+. The van der Waals surface area contributed by atoms with Crippen molar-refractivity contribution in [3.63, 3.8) is 0 Å². The van der Waals surface area contributed by atoms with Crippen LogP contribution in [-0.4, -0.2) is 110 Å². The van der Waals surface area contributed by atoms with E-state index in [1.807, 2.05) is 53.1 Å². The smallest absolute Gasteiger partial charge is 0.246 e. The Morgan fingerprint density at radius 1 is 0.648 bits per heavy atom. The van der Waals surface area contributed by atoms with Crippen molar-refractivity contribution in [3.8, 4) is 28.6 Å². The maximum absolute atomic E-state index is 13.6. The average Bonchev–Trinajstić information content (AvgIpc) is 4.20. The number of rotatable bonds is 16. The van der Waals surface area contributed by atoms with Crippen LogP contribution < -0.4 is 14.2 Å². The number of aromatic nitrogens is 4. The van der Waals surface area contributed by atoms with Crippen LogP contribution in [0.4, 0.5) is 0 Å². The molecular weight excluding hydrogens is 891 g/mol. The molecule has 4 aromatic rings. The molecule has 0 spiro atoms. The molecule has 5 aliphatic rings. The second-order valence-electron chi connectivity index (χ2n) is 20.0. The first-order valence-electron chi connectivity index (χ1n) is 26.3. The molecule has 0 N–H and O–H groups in total. The predicted molar refractivity (Wildman–Crippen MR) is 278 cm³/mol. The summed E-state index contributed by atoms with van der Waals surface area (Å²) in [6, 6.07) is 20.8. The highest BCUT2D eigenvalue weighted by Gasteiger charge is 2.29. The van der Waals surface area contributed by atoms with E-state index in [1.54, 1.807) is 21.7 Å². The van der Waals surface area contributed by atoms with Crippen molar-refractivity contribution in [1.29, 1.82) is 0 Å². The third-order valence-electron chi connectivity index (χ3n) is 15.6. The van der Waals surface area contributed by atoms with Gasteiger partial charge in [-0.2, -0.15) is 0 Å². The minimum absolute atomic E-state index is 0.0316. The Bertz CT molecular complexity index is 2630. The number of hydrogen-bond donors (Lipinski definition) is 0. The molecule has 13 nitrogen and oxygen atoms in total. The van der Waals surface area contributed by atoms with Crippen LogP contribution in [0, 0.1) is 5.92 Å². The lowest BCUT2D eigenvalue weighted by atomic mass is 9.87. The van der Waals surface area contributed by atoms with E-state index in [1.165, 1.54) is 48.5 Å². The van der Waals surface area contributed by atoms with Gasteiger partial charge in [0.05, 0.1) is 0 Å². The Kier molecular flexibility index (Phi) is 16.1. The largest absolute Gasteiger partial charge is 0.490 e. The lowest BCUT2D eigenvalue weighted by Crippen LogP contribution is -2.41. The number of hydrogen-bond acceptors (Lipinski definition) is 9. The topological polar surface area (TPSA) is 132 Å². The summed E-state index contributed by atoms with van der Waals surface area (Å²) < 4.78 is 21.3. The van der Waals surface area contributed by atoms with Crippen LogP contribution in [0.1, 0.15) is 132 Å². The van der Waals surface area contributed by atoms with Gasteiger partial charge in [-0.3, -0.25) is 14.4 Å². The number of benzene rings is 3. The van der Waals surface area contributed by atoms with Gasteiger partial charge in [0.2, 0.25) is 17.7 Å². The van der Waals surface area contributed by atoms with E-state index in [0.717, 1.165) is 84.6 Å². The van der Waals surface area contributed by atoms with Crippen molar-refractivity contribution < 1.29 is 28.6 Å². The van der Waals surface area contributed by atoms with E-state index in [4.69, 9.17) is 14.2 Å². The molecule has 2 atom stereocenters. The Morgan fingerprint density at radius 3 is 1.73 bits per heavy atom. The maximum Gasteiger partial charge on any atom is 0.246 e. The number of piperidine rings is 3. The van der Waals surface area contributed by atoms with Gasteiger partial charge in [-0.25, -0.2) is 4.68 Å². The van der Waals surface area contributed by atoms with Gasteiger partial charge in [-0.15, -0.1) is 5.10 Å². The predicted octanol–water partition coefficient (Wildman–Crippen LogP) is 10.3. The number of likely N-dealkylation sites (tertiary alicyclic amines) is 3. The molecule has 2 aliphatic carbocycles. The van der Waals surface area contributed by atoms with Crippen LogP contribution in [0.2, 0.25) is 0 Å². The second-order valence-corrected chi connectivity index (χ2v) is 20.0. The fraction of sp³-hybridized carbons (Fsp3) is 0.483. The van der Waals surface area contributed by atoms with Crippen LogP contribution >= 0.6 is 0 Å². The van der Waals surface area contributed by atoms with Gasteiger partial charge < -0.3 is 28.9 Å². The van der Waals surface area contributed by atoms with Gasteiger partial charge in [-0.1, -0.05) is 56.2 Å². The van der Waals surface area contributed by atoms with Crippen molar-refractivity contribution >= 4 is 35.4 Å². The monoisotopic (exact) mass is 962 g/mol. The molecule has 4 heterocycles. The number of aryl methyl sites for hydroxylation is 1. The quantitative estimate of drug-likeness (QED) is 0.101. The summed E-state index contributed by atoms with van der Waals surface area (Å²) in [5, 5.41) is 12.4. The zero-order valence-corrected chi connectivity index (χ0v) is 42.0. The summed E-state index contributed by atoms with van der Waals surface area (Å²) in [6.07, 6.45) is 21.4. The molecule has 0 bridgehead atoms. The first-order valence-corrected chi connectivity index (χ1v) is 26.3. The van der Waals surface area contributed by atoms with Crippen molar-refractivity contribution in [2.75, 3.05) is 39.3 Å². The first-order chi connectivity index (χ1) is 34.7. The second kappa shape index (κ2) is 23.2. The number of carbonyl (C=O) groups is 3. The van der Waals surface area contributed by atoms with Crippen LogP contribution in [0.15, 0.2) is 91.0 Å². The maximum atomic E-state index is 13.6. The molecule has 1 aromatic heterocycles. The molecule has 1 saturated carbocycles. The van der Waals surface area contributed by atoms with E-state index in [0.29, 0.717) is 76.1 Å². The molecule has 2 unspecified atom stereocenters. The summed E-state index contributed by atoms with van der Waals surface area (Å²) >= 11 is 0. The third-order valence-corrected chi connectivity index (χ3v) is 15.6. The van der Waals surface area contributed by atoms with Gasteiger partial charge in [0.1, 0.15) is 35.6 Å². The normalized spacial score (nSPS) is 20.6. The Hall–Kier alpha value is -6.50. The highest BCUT2D eigenvalue weighted by molar-refractivity contribution is 5.94. The summed E-state index contributed by atoms with van der Waals surface area (Å²) in [5.41, 5.74) is 7.86. The number of ether oxygens (including phenoxy) is 3. The SMILES string of the molecule is C=CC(=O)N1CCC(Oc2ccc(/C=C/C(=O)N3CCC(Oc4ccc(/C=C/C(=O)N5CCC(Oc6cccc(C7CCCC7CC)c6)CC5)c(C5=C(C)CCC5)c4)CC3)c(-c3nnnn3CC)c2)CC1. The molecule has 9 rings (SSSR count). The minimum atomic E-state index is -0.0647. The highest BCUT2D eigenvalue weighted by atomic mass is 16.5. The highest BCUT2D eigenvalue weighted by Crippen LogP contribution is 2.42. The van der Waals surface area contributed by atoms with E-state index in [-0.39, 0.29) is 36.0 Å². The summed E-state index contributed by atoms with van der Waals surface area (Å²) in [4.78, 5) is 45.0. The van der Waals surface area contributed by atoms with Crippen molar-refractivity contribution in [3.05, 3.63) is 113 Å². The zero-order valence-electron chi connectivity index (χ0n) is 42.0. The van der Waals surface area contributed by atoms with Gasteiger partial charge in [0.25, 0.3) is 0 Å². The lowest BCUT2D eigenvalue weighted by molar-refractivity contribution is -0.128. The van der Waals surface area contributed by atoms with Crippen LogP contribution in [0.3, 0.4) is 0 Å². The molecular formula is C58H71N7O6. The van der Waals surface area contributed by atoms with Gasteiger partial charge >= 0.3 is 0 Å². The van der Waals surface area contributed by atoms with E-state index < -0.39 is 0 Å². The molecule has 71 heavy (non-hydrogen) atoms. The molecule has 4 fully saturated rings. The molecule has 3 amide bonds. The molecule has 0 radical (unpaired) electrons. The number of tetrazole rings is 1. The van der Waals surface area contributed by atoms with Gasteiger partial charge in [-0.05, 0) is 151 Å². The number of nitrogens with zero attached hydrogens (tertiary/aromatic N) is 7. The fourth-order valence-corrected chi connectivity index (χ4v) is 11.4. The van der Waals surface area contributed by atoms with E-state index >= 15 is 0 Å². The number of amides is 3. The Balaban J connectivity index is 0.786. The Morgan fingerprint density at radius 2 is 1.20 bits per heavy atom. The van der Waals surface area contributed by atoms with Crippen LogP contribution in [0.5, 0.6) is 17.2 Å². The molecule has 13 heteroatoms. The molecule has 374 valence electrons. The summed E-state index contributed by atoms with van der Waals surface area (Å²) in [5.74, 6) is 4.36. The van der Waals surface area contributed by atoms with Crippen LogP contribution in [-0.2, 0) is 20.9 Å². The third kappa shape index (κ3) is 12.0. The van der Waals surface area contributed by atoms with E-state index in [9.17, 15) is 14.4 Å². The number of allylic oxidation sites excluding steroid dienone is 2. The van der Waals surface area contributed by atoms with Gasteiger partial charge in [0.15, 0.2) is 5.82 Å². The molecule has 3 saturated heterocycles. The Labute approximate surface area is 419 Å². The average molecular weight is 962 g/mol. The van der Waals surface area contributed by atoms with Crippen molar-refractivity contribution in [2.24, 2.45) is 5.92 Å². The fourth-order valence-electron chi connectivity index (χ4n) is 11.4. The first kappa shape index (κ1) is 49.5. The lowest BCUT2D eigenvalue weighted by Gasteiger charge is -2.32. The van der Waals surface area contributed by atoms with E-state index in [2.05, 4.69) is 72.4 Å². The van der Waals surface area contributed by atoms with Crippen LogP contribution in [0.25, 0.3) is 29.1 Å². The van der Waals surface area contributed by atoms with Crippen molar-refractivity contribution in [1.82, 2.24) is 34.9 Å². The summed E-state index contributed by atoms with van der Waals surface area (Å²) in [7, 11) is 0.